The van der Waals surface area contributed by atoms with E-state index in [2.05, 4.69) is 19.2 Å². The highest BCUT2D eigenvalue weighted by atomic mass is 32.2. The molecule has 2 atom stereocenters. The van der Waals surface area contributed by atoms with E-state index < -0.39 is 10.0 Å². The van der Waals surface area contributed by atoms with E-state index in [0.717, 1.165) is 6.42 Å². The first-order chi connectivity index (χ1) is 15.7. The van der Waals surface area contributed by atoms with Crippen LogP contribution in [0.3, 0.4) is 0 Å². The Labute approximate surface area is 199 Å². The van der Waals surface area contributed by atoms with Gasteiger partial charge in [-0.25, -0.2) is 8.42 Å². The van der Waals surface area contributed by atoms with E-state index >= 15 is 0 Å². The minimum atomic E-state index is -3.64. The van der Waals surface area contributed by atoms with E-state index in [1.54, 1.807) is 33.5 Å². The first-order valence-electron chi connectivity index (χ1n) is 11.5. The van der Waals surface area contributed by atoms with Gasteiger partial charge in [-0.05, 0) is 60.7 Å². The third-order valence-electron chi connectivity index (χ3n) is 6.45. The van der Waals surface area contributed by atoms with Gasteiger partial charge in [-0.3, -0.25) is 9.59 Å². The molecule has 0 bridgehead atoms. The molecule has 0 aliphatic carbocycles. The molecular formula is C24H31N3O4S2. The Morgan fingerprint density at radius 3 is 2.36 bits per heavy atom. The lowest BCUT2D eigenvalue weighted by molar-refractivity contribution is 0.0698. The van der Waals surface area contributed by atoms with Crippen LogP contribution in [0.5, 0.6) is 0 Å². The van der Waals surface area contributed by atoms with Gasteiger partial charge in [0, 0.05) is 48.7 Å². The molecule has 9 heteroatoms. The van der Waals surface area contributed by atoms with Crippen molar-refractivity contribution in [3.8, 4) is 0 Å². The van der Waals surface area contributed by atoms with Crippen molar-refractivity contribution in [2.24, 2.45) is 11.8 Å². The number of thiophene rings is 1. The summed E-state index contributed by atoms with van der Waals surface area (Å²) in [7, 11) is -3.64. The molecule has 2 fully saturated rings. The maximum absolute atomic E-state index is 13.2. The molecule has 33 heavy (non-hydrogen) atoms. The van der Waals surface area contributed by atoms with Crippen LogP contribution in [-0.4, -0.2) is 61.7 Å². The van der Waals surface area contributed by atoms with Gasteiger partial charge in [0.25, 0.3) is 11.8 Å². The zero-order chi connectivity index (χ0) is 23.6. The van der Waals surface area contributed by atoms with Crippen LogP contribution >= 0.6 is 11.3 Å². The summed E-state index contributed by atoms with van der Waals surface area (Å²) in [6.45, 7) is 6.21. The SMILES string of the molecule is CC1CC(C)CN(S(=O)(=O)c2cccc(C(=O)N3CCC(NC(=O)c4ccsc4)CC3)c2)C1. The predicted molar refractivity (Wildman–Crippen MR) is 129 cm³/mol. The third kappa shape index (κ3) is 5.47. The Balaban J connectivity index is 1.39. The minimum Gasteiger partial charge on any atom is -0.349 e. The summed E-state index contributed by atoms with van der Waals surface area (Å²) in [5.74, 6) is 0.375. The molecule has 7 nitrogen and oxygen atoms in total. The Hall–Kier alpha value is -2.23. The molecule has 3 heterocycles. The Morgan fingerprint density at radius 2 is 1.73 bits per heavy atom. The van der Waals surface area contributed by atoms with E-state index in [9.17, 15) is 18.0 Å². The number of nitrogens with one attached hydrogen (secondary N) is 1. The van der Waals surface area contributed by atoms with Crippen LogP contribution in [0.1, 0.15) is 53.8 Å². The van der Waals surface area contributed by atoms with Crippen LogP contribution in [0.25, 0.3) is 0 Å². The van der Waals surface area contributed by atoms with Crippen LogP contribution in [-0.2, 0) is 10.0 Å². The van der Waals surface area contributed by atoms with Crippen LogP contribution in [0.4, 0.5) is 0 Å². The van der Waals surface area contributed by atoms with Gasteiger partial charge in [-0.2, -0.15) is 15.6 Å². The molecule has 0 spiro atoms. The van der Waals surface area contributed by atoms with Gasteiger partial charge in [0.05, 0.1) is 4.90 Å². The molecule has 2 unspecified atom stereocenters. The molecule has 1 aromatic carbocycles. The average Bonchev–Trinajstić information content (AvgIpc) is 3.34. The van der Waals surface area contributed by atoms with Crippen molar-refractivity contribution in [2.45, 2.75) is 44.0 Å². The van der Waals surface area contributed by atoms with Gasteiger partial charge in [-0.15, -0.1) is 0 Å². The van der Waals surface area contributed by atoms with Gasteiger partial charge in [0.1, 0.15) is 0 Å². The second-order valence-electron chi connectivity index (χ2n) is 9.35. The molecule has 0 radical (unpaired) electrons. The first-order valence-corrected chi connectivity index (χ1v) is 13.8. The van der Waals surface area contributed by atoms with E-state index in [1.165, 1.54) is 17.4 Å². The van der Waals surface area contributed by atoms with Crippen molar-refractivity contribution in [2.75, 3.05) is 26.2 Å². The van der Waals surface area contributed by atoms with E-state index in [1.807, 2.05) is 10.8 Å². The molecule has 0 saturated carbocycles. The van der Waals surface area contributed by atoms with Crippen molar-refractivity contribution in [1.82, 2.24) is 14.5 Å². The smallest absolute Gasteiger partial charge is 0.253 e. The number of hydrogen-bond donors (Lipinski definition) is 1. The fourth-order valence-electron chi connectivity index (χ4n) is 4.81. The summed E-state index contributed by atoms with van der Waals surface area (Å²) in [4.78, 5) is 27.3. The normalized spacial score (nSPS) is 22.8. The van der Waals surface area contributed by atoms with Gasteiger partial charge >= 0.3 is 0 Å². The molecule has 2 aromatic rings. The maximum atomic E-state index is 13.2. The highest BCUT2D eigenvalue weighted by molar-refractivity contribution is 7.89. The molecule has 178 valence electrons. The summed E-state index contributed by atoms with van der Waals surface area (Å²) >= 11 is 1.48. The molecule has 2 aliphatic rings. The lowest BCUT2D eigenvalue weighted by Crippen LogP contribution is -2.46. The molecule has 2 aliphatic heterocycles. The second-order valence-corrected chi connectivity index (χ2v) is 12.1. The van der Waals surface area contributed by atoms with E-state index in [-0.39, 0.29) is 22.8 Å². The average molecular weight is 490 g/mol. The van der Waals surface area contributed by atoms with Crippen LogP contribution in [0.15, 0.2) is 46.0 Å². The maximum Gasteiger partial charge on any atom is 0.253 e. The van der Waals surface area contributed by atoms with Crippen molar-refractivity contribution in [3.05, 3.63) is 52.2 Å². The topological polar surface area (TPSA) is 86.8 Å². The fourth-order valence-corrected chi connectivity index (χ4v) is 7.17. The number of carbonyl (C=O) groups excluding carboxylic acids is 2. The van der Waals surface area contributed by atoms with Gasteiger partial charge in [0.2, 0.25) is 10.0 Å². The lowest BCUT2D eigenvalue weighted by atomic mass is 9.94. The zero-order valence-electron chi connectivity index (χ0n) is 19.1. The molecule has 1 aromatic heterocycles. The number of piperidine rings is 2. The van der Waals surface area contributed by atoms with Gasteiger partial charge < -0.3 is 10.2 Å². The Bertz CT molecular complexity index is 1080. The second kappa shape index (κ2) is 9.95. The van der Waals surface area contributed by atoms with Crippen LogP contribution < -0.4 is 5.32 Å². The molecule has 4 rings (SSSR count). The highest BCUT2D eigenvalue weighted by Crippen LogP contribution is 2.27. The van der Waals surface area contributed by atoms with Crippen LogP contribution in [0, 0.1) is 11.8 Å². The number of hydrogen-bond acceptors (Lipinski definition) is 5. The van der Waals surface area contributed by atoms with E-state index in [0.29, 0.717) is 62.0 Å². The minimum absolute atomic E-state index is 0.0243. The van der Waals surface area contributed by atoms with Crippen LogP contribution in [0.2, 0.25) is 0 Å². The highest BCUT2D eigenvalue weighted by Gasteiger charge is 2.32. The molecule has 2 amide bonds. The van der Waals surface area contributed by atoms with E-state index in [4.69, 9.17) is 0 Å². The summed E-state index contributed by atoms with van der Waals surface area (Å²) < 4.78 is 28.0. The Kier molecular flexibility index (Phi) is 7.21. The summed E-state index contributed by atoms with van der Waals surface area (Å²) in [6.07, 6.45) is 2.36. The predicted octanol–water partition coefficient (Wildman–Crippen LogP) is 3.45. The summed E-state index contributed by atoms with van der Waals surface area (Å²) in [5, 5.41) is 6.73. The largest absolute Gasteiger partial charge is 0.349 e. The number of rotatable bonds is 5. The molecular weight excluding hydrogens is 458 g/mol. The number of carbonyl (C=O) groups is 2. The number of likely N-dealkylation sites (tertiary alicyclic amines) is 1. The standard InChI is InChI=1S/C24H31N3O4S2/c1-17-12-18(2)15-27(14-17)33(30,31)22-5-3-4-19(13-22)24(29)26-9-6-21(7-10-26)25-23(28)20-8-11-32-16-20/h3-5,8,11,13,16-18,21H,6-7,9-10,12,14-15H2,1-2H3,(H,25,28). The number of nitrogens with zero attached hydrogens (tertiary/aromatic N) is 2. The summed E-state index contributed by atoms with van der Waals surface area (Å²) in [6, 6.07) is 8.22. The summed E-state index contributed by atoms with van der Waals surface area (Å²) in [5.41, 5.74) is 1.05. The third-order valence-corrected chi connectivity index (χ3v) is 8.97. The fraction of sp³-hybridized carbons (Fsp3) is 0.500. The van der Waals surface area contributed by atoms with Crippen molar-refractivity contribution < 1.29 is 18.0 Å². The Morgan fingerprint density at radius 1 is 1.03 bits per heavy atom. The number of benzene rings is 1. The first kappa shape index (κ1) is 23.9. The van der Waals surface area contributed by atoms with Gasteiger partial charge in [-0.1, -0.05) is 19.9 Å². The van der Waals surface area contributed by atoms with Gasteiger partial charge in [0.15, 0.2) is 0 Å². The van der Waals surface area contributed by atoms with Crippen molar-refractivity contribution >= 4 is 33.2 Å². The van der Waals surface area contributed by atoms with Crippen molar-refractivity contribution in [3.63, 3.8) is 0 Å². The monoisotopic (exact) mass is 489 g/mol. The quantitative estimate of drug-likeness (QED) is 0.697. The lowest BCUT2D eigenvalue weighted by Gasteiger charge is -2.34. The molecule has 1 N–H and O–H groups in total. The number of sulfonamides is 1. The zero-order valence-corrected chi connectivity index (χ0v) is 20.7. The van der Waals surface area contributed by atoms with Crippen molar-refractivity contribution in [1.29, 1.82) is 0 Å². The number of amides is 2. The molecule has 2 saturated heterocycles.